The van der Waals surface area contributed by atoms with Gasteiger partial charge in [-0.3, -0.25) is 4.98 Å². The van der Waals surface area contributed by atoms with Crippen molar-refractivity contribution < 1.29 is 5.11 Å². The van der Waals surface area contributed by atoms with Crippen LogP contribution in [0.2, 0.25) is 0 Å². The van der Waals surface area contributed by atoms with Gasteiger partial charge in [-0.1, -0.05) is 0 Å². The Morgan fingerprint density at radius 1 is 1.62 bits per heavy atom. The molecule has 0 aromatic carbocycles. The Morgan fingerprint density at radius 3 is 2.92 bits per heavy atom. The van der Waals surface area contributed by atoms with Gasteiger partial charge < -0.3 is 10.4 Å². The van der Waals surface area contributed by atoms with Gasteiger partial charge >= 0.3 is 0 Å². The molecule has 1 saturated heterocycles. The fourth-order valence-electron chi connectivity index (χ4n) is 1.44. The molecule has 13 heavy (non-hydrogen) atoms. The van der Waals surface area contributed by atoms with Crippen molar-refractivity contribution in [3.8, 4) is 0 Å². The van der Waals surface area contributed by atoms with Crippen molar-refractivity contribution in [3.05, 3.63) is 28.5 Å². The Bertz CT molecular complexity index is 312. The van der Waals surface area contributed by atoms with E-state index in [9.17, 15) is 5.11 Å². The third-order valence-electron chi connectivity index (χ3n) is 2.28. The lowest BCUT2D eigenvalue weighted by molar-refractivity contribution is -0.00916. The van der Waals surface area contributed by atoms with Crippen LogP contribution in [-0.2, 0) is 6.42 Å². The maximum absolute atomic E-state index is 9.88. The Hall–Kier alpha value is -0.450. The zero-order chi connectivity index (χ0) is 9.31. The van der Waals surface area contributed by atoms with E-state index >= 15 is 0 Å². The second-order valence-electron chi connectivity index (χ2n) is 3.47. The summed E-state index contributed by atoms with van der Waals surface area (Å²) in [6, 6.07) is 1.93. The van der Waals surface area contributed by atoms with E-state index in [1.165, 1.54) is 0 Å². The smallest absolute Gasteiger partial charge is 0.0935 e. The summed E-state index contributed by atoms with van der Waals surface area (Å²) in [5, 5.41) is 12.9. The van der Waals surface area contributed by atoms with Gasteiger partial charge in [-0.2, -0.15) is 0 Å². The van der Waals surface area contributed by atoms with Crippen molar-refractivity contribution in [2.45, 2.75) is 12.0 Å². The summed E-state index contributed by atoms with van der Waals surface area (Å²) >= 11 is 3.41. The number of nitrogens with one attached hydrogen (secondary N) is 1. The highest BCUT2D eigenvalue weighted by Crippen LogP contribution is 2.22. The van der Waals surface area contributed by atoms with Crippen molar-refractivity contribution in [1.82, 2.24) is 10.3 Å². The van der Waals surface area contributed by atoms with Crippen LogP contribution in [0.1, 0.15) is 5.56 Å². The van der Waals surface area contributed by atoms with Crippen LogP contribution in [0.5, 0.6) is 0 Å². The molecule has 3 nitrogen and oxygen atoms in total. The van der Waals surface area contributed by atoms with E-state index in [0.717, 1.165) is 10.0 Å². The molecule has 2 rings (SSSR count). The summed E-state index contributed by atoms with van der Waals surface area (Å²) in [6.45, 7) is 1.36. The molecule has 1 aliphatic rings. The van der Waals surface area contributed by atoms with Crippen LogP contribution in [0.3, 0.4) is 0 Å². The highest BCUT2D eigenvalue weighted by atomic mass is 79.9. The number of halogens is 1. The van der Waals surface area contributed by atoms with Gasteiger partial charge in [0.15, 0.2) is 0 Å². The Morgan fingerprint density at radius 2 is 2.38 bits per heavy atom. The molecule has 1 aromatic heterocycles. The van der Waals surface area contributed by atoms with Crippen LogP contribution in [0.15, 0.2) is 22.9 Å². The molecule has 0 atom stereocenters. The first kappa shape index (κ1) is 9.12. The van der Waals surface area contributed by atoms with Gasteiger partial charge in [-0.05, 0) is 27.6 Å². The molecule has 0 unspecified atom stereocenters. The van der Waals surface area contributed by atoms with E-state index in [0.29, 0.717) is 19.5 Å². The number of rotatable bonds is 2. The van der Waals surface area contributed by atoms with Crippen molar-refractivity contribution in [3.63, 3.8) is 0 Å². The van der Waals surface area contributed by atoms with Crippen molar-refractivity contribution in [1.29, 1.82) is 0 Å². The molecule has 2 heterocycles. The molecule has 4 heteroatoms. The molecular formula is C9H11BrN2O. The Balaban J connectivity index is 2.13. The summed E-state index contributed by atoms with van der Waals surface area (Å²) in [5.74, 6) is 0. The number of hydrogen-bond acceptors (Lipinski definition) is 3. The average Bonchev–Trinajstić information content (AvgIpc) is 2.06. The summed E-state index contributed by atoms with van der Waals surface area (Å²) in [6.07, 6.45) is 4.18. The van der Waals surface area contributed by atoms with Crippen LogP contribution in [0.4, 0.5) is 0 Å². The maximum Gasteiger partial charge on any atom is 0.0935 e. The fraction of sp³-hybridized carbons (Fsp3) is 0.444. The first-order chi connectivity index (χ1) is 6.20. The molecular weight excluding hydrogens is 232 g/mol. The van der Waals surface area contributed by atoms with Crippen LogP contribution in [0.25, 0.3) is 0 Å². The molecule has 1 fully saturated rings. The molecule has 0 radical (unpaired) electrons. The van der Waals surface area contributed by atoms with E-state index in [2.05, 4.69) is 26.2 Å². The summed E-state index contributed by atoms with van der Waals surface area (Å²) in [7, 11) is 0. The number of aliphatic hydroxyl groups is 1. The van der Waals surface area contributed by atoms with E-state index in [1.807, 2.05) is 6.07 Å². The minimum atomic E-state index is -0.552. The van der Waals surface area contributed by atoms with E-state index in [1.54, 1.807) is 12.4 Å². The van der Waals surface area contributed by atoms with E-state index in [-0.39, 0.29) is 0 Å². The minimum Gasteiger partial charge on any atom is -0.387 e. The summed E-state index contributed by atoms with van der Waals surface area (Å²) in [5.41, 5.74) is 0.558. The van der Waals surface area contributed by atoms with Gasteiger partial charge in [-0.25, -0.2) is 0 Å². The second kappa shape index (κ2) is 3.36. The monoisotopic (exact) mass is 242 g/mol. The predicted molar refractivity (Wildman–Crippen MR) is 53.5 cm³/mol. The first-order valence-electron chi connectivity index (χ1n) is 4.21. The van der Waals surface area contributed by atoms with Crippen LogP contribution in [-0.4, -0.2) is 28.8 Å². The standard InChI is InChI=1S/C9H11BrN2O/c10-8-4-11-2-1-7(8)3-9(13)5-12-6-9/h1-2,4,12-13H,3,5-6H2. The number of pyridine rings is 1. The molecule has 0 bridgehead atoms. The highest BCUT2D eigenvalue weighted by Gasteiger charge is 2.34. The topological polar surface area (TPSA) is 45.2 Å². The molecule has 0 spiro atoms. The lowest BCUT2D eigenvalue weighted by Gasteiger charge is -2.37. The minimum absolute atomic E-state index is 0.552. The third-order valence-corrected chi connectivity index (χ3v) is 3.00. The van der Waals surface area contributed by atoms with Gasteiger partial charge in [0.25, 0.3) is 0 Å². The molecule has 70 valence electrons. The summed E-state index contributed by atoms with van der Waals surface area (Å²) in [4.78, 5) is 3.97. The quantitative estimate of drug-likeness (QED) is 0.804. The van der Waals surface area contributed by atoms with E-state index in [4.69, 9.17) is 0 Å². The normalized spacial score (nSPS) is 19.5. The van der Waals surface area contributed by atoms with E-state index < -0.39 is 5.60 Å². The van der Waals surface area contributed by atoms with Gasteiger partial charge in [0.2, 0.25) is 0 Å². The van der Waals surface area contributed by atoms with Gasteiger partial charge in [0, 0.05) is 36.4 Å². The SMILES string of the molecule is OC1(Cc2ccncc2Br)CNC1. The average molecular weight is 243 g/mol. The van der Waals surface area contributed by atoms with Crippen LogP contribution in [0, 0.1) is 0 Å². The zero-order valence-electron chi connectivity index (χ0n) is 7.13. The van der Waals surface area contributed by atoms with Crippen molar-refractivity contribution in [2.75, 3.05) is 13.1 Å². The van der Waals surface area contributed by atoms with Crippen molar-refractivity contribution >= 4 is 15.9 Å². The molecule has 0 saturated carbocycles. The number of hydrogen-bond donors (Lipinski definition) is 2. The zero-order valence-corrected chi connectivity index (χ0v) is 8.71. The van der Waals surface area contributed by atoms with Gasteiger partial charge in [0.1, 0.15) is 0 Å². The molecule has 1 aromatic rings. The lowest BCUT2D eigenvalue weighted by Crippen LogP contribution is -2.60. The fourth-order valence-corrected chi connectivity index (χ4v) is 1.83. The highest BCUT2D eigenvalue weighted by molar-refractivity contribution is 9.10. The van der Waals surface area contributed by atoms with Crippen LogP contribution < -0.4 is 5.32 Å². The largest absolute Gasteiger partial charge is 0.387 e. The Labute approximate surface area is 85.3 Å². The van der Waals surface area contributed by atoms with Gasteiger partial charge in [0.05, 0.1) is 5.60 Å². The third kappa shape index (κ3) is 1.90. The van der Waals surface area contributed by atoms with Gasteiger partial charge in [-0.15, -0.1) is 0 Å². The molecule has 1 aliphatic heterocycles. The number of β-amino-alcohol motifs (C(OH)–C–C–N with tert-alkyl or cyclic N) is 1. The number of nitrogens with zero attached hydrogens (tertiary/aromatic N) is 1. The van der Waals surface area contributed by atoms with Crippen molar-refractivity contribution in [2.24, 2.45) is 0 Å². The lowest BCUT2D eigenvalue weighted by atomic mass is 9.90. The maximum atomic E-state index is 9.88. The molecule has 2 N–H and O–H groups in total. The predicted octanol–water partition coefficient (Wildman–Crippen LogP) is 0.721. The first-order valence-corrected chi connectivity index (χ1v) is 5.00. The molecule has 0 aliphatic carbocycles. The molecule has 0 amide bonds. The van der Waals surface area contributed by atoms with Crippen LogP contribution >= 0.6 is 15.9 Å². The Kier molecular flexibility index (Phi) is 2.36. The number of aromatic nitrogens is 1. The second-order valence-corrected chi connectivity index (χ2v) is 4.33. The summed E-state index contributed by atoms with van der Waals surface area (Å²) < 4.78 is 0.968.